The molecule has 118 valence electrons. The summed E-state index contributed by atoms with van der Waals surface area (Å²) in [6.45, 7) is 6.71. The zero-order chi connectivity index (χ0) is 15.7. The number of alkyl halides is 3. The van der Waals surface area contributed by atoms with Gasteiger partial charge in [0.15, 0.2) is 0 Å². The fourth-order valence-corrected chi connectivity index (χ4v) is 3.16. The first kappa shape index (κ1) is 16.0. The number of rotatable bonds is 3. The summed E-state index contributed by atoms with van der Waals surface area (Å²) in [4.78, 5) is 0. The van der Waals surface area contributed by atoms with Gasteiger partial charge in [0.25, 0.3) is 0 Å². The van der Waals surface area contributed by atoms with Gasteiger partial charge in [0.05, 0.1) is 0 Å². The monoisotopic (exact) mass is 301 g/mol. The Morgan fingerprint density at radius 3 is 2.62 bits per heavy atom. The first-order valence-corrected chi connectivity index (χ1v) is 7.27. The molecule has 2 unspecified atom stereocenters. The number of ether oxygens (including phenoxy) is 1. The molecule has 1 aromatic rings. The Morgan fingerprint density at radius 1 is 1.29 bits per heavy atom. The SMILES string of the molecule is CC1CC(C)(C)CCC1Nc1cccc(OC(F)(F)F)c1. The second kappa shape index (κ2) is 5.78. The van der Waals surface area contributed by atoms with Crippen molar-refractivity contribution in [2.45, 2.75) is 52.4 Å². The molecule has 2 rings (SSSR count). The lowest BCUT2D eigenvalue weighted by Gasteiger charge is -2.40. The van der Waals surface area contributed by atoms with E-state index in [-0.39, 0.29) is 5.75 Å². The molecule has 1 aliphatic carbocycles. The van der Waals surface area contributed by atoms with Crippen molar-refractivity contribution in [3.05, 3.63) is 24.3 Å². The van der Waals surface area contributed by atoms with Gasteiger partial charge in [-0.15, -0.1) is 13.2 Å². The third-order valence-corrected chi connectivity index (χ3v) is 4.11. The molecule has 21 heavy (non-hydrogen) atoms. The number of nitrogens with one attached hydrogen (secondary N) is 1. The van der Waals surface area contributed by atoms with Crippen molar-refractivity contribution < 1.29 is 17.9 Å². The van der Waals surface area contributed by atoms with Gasteiger partial charge in [0.2, 0.25) is 0 Å². The van der Waals surface area contributed by atoms with Gasteiger partial charge in [-0.3, -0.25) is 0 Å². The molecular formula is C16H22F3NO. The maximum atomic E-state index is 12.2. The molecule has 1 aliphatic rings. The first-order valence-electron chi connectivity index (χ1n) is 7.27. The summed E-state index contributed by atoms with van der Waals surface area (Å²) >= 11 is 0. The van der Waals surface area contributed by atoms with Crippen LogP contribution in [0.1, 0.15) is 40.0 Å². The van der Waals surface area contributed by atoms with Gasteiger partial charge >= 0.3 is 6.36 Å². The molecule has 1 fully saturated rings. The van der Waals surface area contributed by atoms with E-state index in [0.29, 0.717) is 23.1 Å². The summed E-state index contributed by atoms with van der Waals surface area (Å²) in [5.41, 5.74) is 1.02. The van der Waals surface area contributed by atoms with Crippen molar-refractivity contribution in [1.82, 2.24) is 0 Å². The molecule has 5 heteroatoms. The average Bonchev–Trinajstić information content (AvgIpc) is 2.30. The van der Waals surface area contributed by atoms with E-state index in [4.69, 9.17) is 0 Å². The van der Waals surface area contributed by atoms with Crippen molar-refractivity contribution in [1.29, 1.82) is 0 Å². The molecule has 0 spiro atoms. The second-order valence-electron chi connectivity index (χ2n) is 6.71. The molecule has 2 atom stereocenters. The van der Waals surface area contributed by atoms with Gasteiger partial charge in [0.1, 0.15) is 5.75 Å². The highest BCUT2D eigenvalue weighted by Gasteiger charge is 2.33. The largest absolute Gasteiger partial charge is 0.573 e. The highest BCUT2D eigenvalue weighted by molar-refractivity contribution is 5.49. The van der Waals surface area contributed by atoms with Crippen LogP contribution in [0.25, 0.3) is 0 Å². The first-order chi connectivity index (χ1) is 9.65. The predicted octanol–water partition coefficient (Wildman–Crippen LogP) is 5.21. The Balaban J connectivity index is 2.02. The van der Waals surface area contributed by atoms with Gasteiger partial charge in [-0.2, -0.15) is 0 Å². The van der Waals surface area contributed by atoms with E-state index in [0.717, 1.165) is 19.3 Å². The fraction of sp³-hybridized carbons (Fsp3) is 0.625. The van der Waals surface area contributed by atoms with E-state index in [1.165, 1.54) is 12.1 Å². The maximum absolute atomic E-state index is 12.2. The zero-order valence-electron chi connectivity index (χ0n) is 12.6. The lowest BCUT2D eigenvalue weighted by atomic mass is 9.70. The van der Waals surface area contributed by atoms with Crippen molar-refractivity contribution in [3.8, 4) is 5.75 Å². The molecule has 1 N–H and O–H groups in total. The highest BCUT2D eigenvalue weighted by Crippen LogP contribution is 2.39. The lowest BCUT2D eigenvalue weighted by molar-refractivity contribution is -0.274. The van der Waals surface area contributed by atoms with E-state index < -0.39 is 6.36 Å². The predicted molar refractivity (Wildman–Crippen MR) is 77.3 cm³/mol. The van der Waals surface area contributed by atoms with Gasteiger partial charge in [-0.1, -0.05) is 26.8 Å². The quantitative estimate of drug-likeness (QED) is 0.827. The maximum Gasteiger partial charge on any atom is 0.573 e. The third kappa shape index (κ3) is 4.83. The van der Waals surface area contributed by atoms with Crippen LogP contribution in [-0.4, -0.2) is 12.4 Å². The van der Waals surface area contributed by atoms with Crippen molar-refractivity contribution in [3.63, 3.8) is 0 Å². The number of hydrogen-bond donors (Lipinski definition) is 1. The van der Waals surface area contributed by atoms with Crippen LogP contribution in [0.2, 0.25) is 0 Å². The Hall–Kier alpha value is -1.39. The molecule has 1 saturated carbocycles. The summed E-state index contributed by atoms with van der Waals surface area (Å²) < 4.78 is 40.7. The van der Waals surface area contributed by atoms with E-state index in [1.54, 1.807) is 12.1 Å². The van der Waals surface area contributed by atoms with Gasteiger partial charge in [-0.05, 0) is 42.7 Å². The summed E-state index contributed by atoms with van der Waals surface area (Å²) in [7, 11) is 0. The molecule has 0 amide bonds. The van der Waals surface area contributed by atoms with Crippen LogP contribution in [0, 0.1) is 11.3 Å². The van der Waals surface area contributed by atoms with Crippen molar-refractivity contribution in [2.24, 2.45) is 11.3 Å². The van der Waals surface area contributed by atoms with Crippen LogP contribution in [-0.2, 0) is 0 Å². The van der Waals surface area contributed by atoms with E-state index in [9.17, 15) is 13.2 Å². The highest BCUT2D eigenvalue weighted by atomic mass is 19.4. The van der Waals surface area contributed by atoms with Crippen molar-refractivity contribution in [2.75, 3.05) is 5.32 Å². The minimum Gasteiger partial charge on any atom is -0.406 e. The minimum atomic E-state index is -4.65. The molecule has 0 aliphatic heterocycles. The Labute approximate surface area is 123 Å². The number of benzene rings is 1. The molecule has 1 aromatic carbocycles. The Kier molecular flexibility index (Phi) is 4.40. The van der Waals surface area contributed by atoms with Gasteiger partial charge < -0.3 is 10.1 Å². The van der Waals surface area contributed by atoms with Crippen LogP contribution in [0.15, 0.2) is 24.3 Å². The summed E-state index contributed by atoms with van der Waals surface area (Å²) in [5, 5.41) is 3.35. The summed E-state index contributed by atoms with van der Waals surface area (Å²) in [6.07, 6.45) is -1.39. The van der Waals surface area contributed by atoms with Crippen LogP contribution >= 0.6 is 0 Å². The Bertz CT molecular complexity index is 485. The molecule has 0 radical (unpaired) electrons. The number of halogens is 3. The van der Waals surface area contributed by atoms with Crippen LogP contribution in [0.4, 0.5) is 18.9 Å². The fourth-order valence-electron chi connectivity index (χ4n) is 3.16. The van der Waals surface area contributed by atoms with E-state index in [2.05, 4.69) is 30.8 Å². The second-order valence-corrected chi connectivity index (χ2v) is 6.71. The van der Waals surface area contributed by atoms with Crippen molar-refractivity contribution >= 4 is 5.69 Å². The lowest BCUT2D eigenvalue weighted by Crippen LogP contribution is -2.36. The molecular weight excluding hydrogens is 279 g/mol. The zero-order valence-corrected chi connectivity index (χ0v) is 12.6. The molecule has 0 heterocycles. The minimum absolute atomic E-state index is 0.184. The average molecular weight is 301 g/mol. The molecule has 0 bridgehead atoms. The number of hydrogen-bond acceptors (Lipinski definition) is 2. The third-order valence-electron chi connectivity index (χ3n) is 4.11. The van der Waals surface area contributed by atoms with E-state index >= 15 is 0 Å². The van der Waals surface area contributed by atoms with Gasteiger partial charge in [0, 0.05) is 17.8 Å². The van der Waals surface area contributed by atoms with Crippen LogP contribution in [0.3, 0.4) is 0 Å². The summed E-state index contributed by atoms with van der Waals surface area (Å²) in [6, 6.07) is 6.35. The van der Waals surface area contributed by atoms with E-state index in [1.807, 2.05) is 0 Å². The normalized spacial score (nSPS) is 25.4. The topological polar surface area (TPSA) is 21.3 Å². The van der Waals surface area contributed by atoms with Gasteiger partial charge in [-0.25, -0.2) is 0 Å². The van der Waals surface area contributed by atoms with Crippen LogP contribution < -0.4 is 10.1 Å². The molecule has 0 aromatic heterocycles. The standard InChI is InChI=1S/C16H22F3NO/c1-11-10-15(2,3)8-7-14(11)20-12-5-4-6-13(9-12)21-16(17,18)19/h4-6,9,11,14,20H,7-8,10H2,1-3H3. The summed E-state index contributed by atoms with van der Waals surface area (Å²) in [5.74, 6) is 0.303. The number of anilines is 1. The van der Waals surface area contributed by atoms with Crippen LogP contribution in [0.5, 0.6) is 5.75 Å². The Morgan fingerprint density at radius 2 is 2.00 bits per heavy atom. The molecule has 0 saturated heterocycles. The molecule has 2 nitrogen and oxygen atoms in total. The smallest absolute Gasteiger partial charge is 0.406 e.